The Balaban J connectivity index is 1.82. The summed E-state index contributed by atoms with van der Waals surface area (Å²) in [4.78, 5) is 3.83. The number of hydrogen-bond donors (Lipinski definition) is 1. The first-order valence-electron chi connectivity index (χ1n) is 6.11. The van der Waals surface area contributed by atoms with Crippen molar-refractivity contribution in [2.24, 2.45) is 0 Å². The van der Waals surface area contributed by atoms with Gasteiger partial charge in [-0.3, -0.25) is 4.98 Å². The summed E-state index contributed by atoms with van der Waals surface area (Å²) >= 11 is 0. The van der Waals surface area contributed by atoms with Crippen molar-refractivity contribution < 1.29 is 4.39 Å². The SMILES string of the molecule is CC(CNCc1cncc(F)c1)c1ccccc1. The average molecular weight is 244 g/mol. The molecular weight excluding hydrogens is 227 g/mol. The fraction of sp³-hybridized carbons (Fsp3) is 0.267. The van der Waals surface area contributed by atoms with E-state index in [9.17, 15) is 4.39 Å². The highest BCUT2D eigenvalue weighted by atomic mass is 19.1. The lowest BCUT2D eigenvalue weighted by molar-refractivity contribution is 0.598. The second kappa shape index (κ2) is 6.26. The van der Waals surface area contributed by atoms with Gasteiger partial charge in [-0.1, -0.05) is 37.3 Å². The molecule has 1 heterocycles. The lowest BCUT2D eigenvalue weighted by atomic mass is 10.0. The lowest BCUT2D eigenvalue weighted by Crippen LogP contribution is -2.19. The summed E-state index contributed by atoms with van der Waals surface area (Å²) in [6.45, 7) is 3.68. The second-order valence-corrected chi connectivity index (χ2v) is 4.45. The van der Waals surface area contributed by atoms with Crippen LogP contribution in [0, 0.1) is 5.82 Å². The van der Waals surface area contributed by atoms with Crippen molar-refractivity contribution in [1.29, 1.82) is 0 Å². The fourth-order valence-corrected chi connectivity index (χ4v) is 1.88. The third-order valence-electron chi connectivity index (χ3n) is 2.91. The Bertz CT molecular complexity index is 485. The molecule has 0 saturated heterocycles. The predicted molar refractivity (Wildman–Crippen MR) is 70.8 cm³/mol. The van der Waals surface area contributed by atoms with Gasteiger partial charge >= 0.3 is 0 Å². The molecule has 2 aromatic rings. The maximum atomic E-state index is 12.9. The summed E-state index contributed by atoms with van der Waals surface area (Å²) in [5.41, 5.74) is 2.18. The van der Waals surface area contributed by atoms with E-state index in [1.165, 1.54) is 17.8 Å². The number of nitrogens with one attached hydrogen (secondary N) is 1. The van der Waals surface area contributed by atoms with Crippen LogP contribution in [0.15, 0.2) is 48.8 Å². The topological polar surface area (TPSA) is 24.9 Å². The highest BCUT2D eigenvalue weighted by molar-refractivity contribution is 5.19. The van der Waals surface area contributed by atoms with Crippen LogP contribution < -0.4 is 5.32 Å². The van der Waals surface area contributed by atoms with E-state index in [1.807, 2.05) is 18.2 Å². The largest absolute Gasteiger partial charge is 0.312 e. The summed E-state index contributed by atoms with van der Waals surface area (Å²) in [6, 6.07) is 11.9. The third kappa shape index (κ3) is 3.64. The summed E-state index contributed by atoms with van der Waals surface area (Å²) in [7, 11) is 0. The van der Waals surface area contributed by atoms with Gasteiger partial charge in [-0.05, 0) is 23.1 Å². The van der Waals surface area contributed by atoms with E-state index in [4.69, 9.17) is 0 Å². The maximum absolute atomic E-state index is 12.9. The number of rotatable bonds is 5. The zero-order valence-electron chi connectivity index (χ0n) is 10.4. The first kappa shape index (κ1) is 12.7. The van der Waals surface area contributed by atoms with Crippen molar-refractivity contribution in [1.82, 2.24) is 10.3 Å². The smallest absolute Gasteiger partial charge is 0.141 e. The maximum Gasteiger partial charge on any atom is 0.141 e. The Hall–Kier alpha value is -1.74. The minimum atomic E-state index is -0.287. The molecule has 0 bridgehead atoms. The van der Waals surface area contributed by atoms with Crippen LogP contribution in [0.1, 0.15) is 24.0 Å². The van der Waals surface area contributed by atoms with Crippen LogP contribution in [0.25, 0.3) is 0 Å². The number of benzene rings is 1. The molecule has 0 amide bonds. The van der Waals surface area contributed by atoms with Gasteiger partial charge in [0, 0.05) is 19.3 Å². The summed E-state index contributed by atoms with van der Waals surface area (Å²) in [5, 5.41) is 3.32. The van der Waals surface area contributed by atoms with Gasteiger partial charge in [0.2, 0.25) is 0 Å². The van der Waals surface area contributed by atoms with Crippen LogP contribution >= 0.6 is 0 Å². The molecule has 0 radical (unpaired) electrons. The molecule has 1 atom stereocenters. The molecule has 1 aromatic carbocycles. The molecule has 0 aliphatic rings. The number of pyridine rings is 1. The Kier molecular flexibility index (Phi) is 4.42. The third-order valence-corrected chi connectivity index (χ3v) is 2.91. The number of hydrogen-bond acceptors (Lipinski definition) is 2. The van der Waals surface area contributed by atoms with Crippen LogP contribution in [-0.2, 0) is 6.54 Å². The monoisotopic (exact) mass is 244 g/mol. The van der Waals surface area contributed by atoms with Crippen LogP contribution in [0.2, 0.25) is 0 Å². The number of halogens is 1. The van der Waals surface area contributed by atoms with E-state index >= 15 is 0 Å². The minimum Gasteiger partial charge on any atom is -0.312 e. The number of nitrogens with zero attached hydrogens (tertiary/aromatic N) is 1. The van der Waals surface area contributed by atoms with E-state index < -0.39 is 0 Å². The molecule has 0 aliphatic heterocycles. The van der Waals surface area contributed by atoms with E-state index in [-0.39, 0.29) is 5.82 Å². The molecule has 0 spiro atoms. The van der Waals surface area contributed by atoms with Crippen molar-refractivity contribution in [3.8, 4) is 0 Å². The van der Waals surface area contributed by atoms with Crippen molar-refractivity contribution in [2.75, 3.05) is 6.54 Å². The molecule has 1 unspecified atom stereocenters. The highest BCUT2D eigenvalue weighted by Crippen LogP contribution is 2.13. The van der Waals surface area contributed by atoms with Crippen LogP contribution in [0.5, 0.6) is 0 Å². The normalized spacial score (nSPS) is 12.3. The standard InChI is InChI=1S/C15H17FN2/c1-12(14-5-3-2-4-6-14)8-17-9-13-7-15(16)11-18-10-13/h2-7,10-12,17H,8-9H2,1H3. The zero-order chi connectivity index (χ0) is 12.8. The number of aromatic nitrogens is 1. The first-order chi connectivity index (χ1) is 8.75. The fourth-order valence-electron chi connectivity index (χ4n) is 1.88. The van der Waals surface area contributed by atoms with Gasteiger partial charge in [0.1, 0.15) is 5.82 Å². The van der Waals surface area contributed by atoms with Gasteiger partial charge in [-0.15, -0.1) is 0 Å². The Morgan fingerprint density at radius 3 is 2.72 bits per heavy atom. The van der Waals surface area contributed by atoms with Gasteiger partial charge in [-0.25, -0.2) is 4.39 Å². The molecule has 1 N–H and O–H groups in total. The van der Waals surface area contributed by atoms with Gasteiger partial charge in [-0.2, -0.15) is 0 Å². The Labute approximate surface area is 107 Å². The lowest BCUT2D eigenvalue weighted by Gasteiger charge is -2.12. The van der Waals surface area contributed by atoms with Crippen LogP contribution in [0.4, 0.5) is 4.39 Å². The Morgan fingerprint density at radius 1 is 1.22 bits per heavy atom. The molecule has 3 heteroatoms. The van der Waals surface area contributed by atoms with E-state index in [0.717, 1.165) is 12.1 Å². The van der Waals surface area contributed by atoms with Gasteiger partial charge in [0.15, 0.2) is 0 Å². The van der Waals surface area contributed by atoms with Crippen molar-refractivity contribution in [3.63, 3.8) is 0 Å². The van der Waals surface area contributed by atoms with Crippen LogP contribution in [-0.4, -0.2) is 11.5 Å². The molecule has 18 heavy (non-hydrogen) atoms. The molecule has 2 rings (SSSR count). The van der Waals surface area contributed by atoms with Crippen molar-refractivity contribution in [2.45, 2.75) is 19.4 Å². The first-order valence-corrected chi connectivity index (χ1v) is 6.11. The molecule has 2 nitrogen and oxygen atoms in total. The molecule has 0 aliphatic carbocycles. The van der Waals surface area contributed by atoms with E-state index in [2.05, 4.69) is 29.4 Å². The minimum absolute atomic E-state index is 0.287. The van der Waals surface area contributed by atoms with Crippen molar-refractivity contribution in [3.05, 3.63) is 65.7 Å². The van der Waals surface area contributed by atoms with Crippen molar-refractivity contribution >= 4 is 0 Å². The quantitative estimate of drug-likeness (QED) is 0.874. The van der Waals surface area contributed by atoms with Gasteiger partial charge in [0.05, 0.1) is 6.20 Å². The average Bonchev–Trinajstić information content (AvgIpc) is 2.40. The van der Waals surface area contributed by atoms with E-state index in [0.29, 0.717) is 12.5 Å². The predicted octanol–water partition coefficient (Wildman–Crippen LogP) is 3.11. The molecular formula is C15H17FN2. The van der Waals surface area contributed by atoms with E-state index in [1.54, 1.807) is 6.20 Å². The molecule has 94 valence electrons. The molecule has 0 fully saturated rings. The van der Waals surface area contributed by atoms with Gasteiger partial charge in [0.25, 0.3) is 0 Å². The highest BCUT2D eigenvalue weighted by Gasteiger charge is 2.04. The van der Waals surface area contributed by atoms with Crippen LogP contribution in [0.3, 0.4) is 0 Å². The second-order valence-electron chi connectivity index (χ2n) is 4.45. The zero-order valence-corrected chi connectivity index (χ0v) is 10.4. The molecule has 1 aromatic heterocycles. The van der Waals surface area contributed by atoms with Gasteiger partial charge < -0.3 is 5.32 Å². The summed E-state index contributed by atoms with van der Waals surface area (Å²) in [5.74, 6) is 0.151. The molecule has 0 saturated carbocycles. The summed E-state index contributed by atoms with van der Waals surface area (Å²) < 4.78 is 12.9. The summed E-state index contributed by atoms with van der Waals surface area (Å²) in [6.07, 6.45) is 2.90. The Morgan fingerprint density at radius 2 is 2.00 bits per heavy atom.